The molecule has 0 aromatic heterocycles. The third-order valence-corrected chi connectivity index (χ3v) is 4.18. The molecule has 2 N–H and O–H groups in total. The topological polar surface area (TPSA) is 50.4 Å². The monoisotopic (exact) mass is 420 g/mol. The first-order valence-corrected chi connectivity index (χ1v) is 9.04. The minimum absolute atomic E-state index is 0.0841. The van der Waals surface area contributed by atoms with Gasteiger partial charge in [0.15, 0.2) is 11.7 Å². The number of amides is 1. The number of benzene rings is 2. The minimum atomic E-state index is -0.311. The van der Waals surface area contributed by atoms with Crippen molar-refractivity contribution in [1.29, 1.82) is 0 Å². The third kappa shape index (κ3) is 6.48. The number of hydrogen-bond acceptors (Lipinski definition) is 3. The van der Waals surface area contributed by atoms with E-state index in [0.29, 0.717) is 5.75 Å². The van der Waals surface area contributed by atoms with Gasteiger partial charge in [0.05, 0.1) is 0 Å². The molecule has 0 bridgehead atoms. The van der Waals surface area contributed by atoms with Gasteiger partial charge < -0.3 is 10.1 Å². The SMILES string of the molecule is CC(C)(C)c1ccc(OCC(=O)NC(=S)Nc2ccc(Br)cc2)cc1. The predicted octanol–water partition coefficient (Wildman–Crippen LogP) is 4.64. The number of carbonyl (C=O) groups is 1. The van der Waals surface area contributed by atoms with Crippen molar-refractivity contribution in [2.24, 2.45) is 0 Å². The van der Waals surface area contributed by atoms with E-state index in [1.54, 1.807) is 0 Å². The van der Waals surface area contributed by atoms with Crippen LogP contribution in [0.3, 0.4) is 0 Å². The summed E-state index contributed by atoms with van der Waals surface area (Å²) in [6.45, 7) is 6.35. The van der Waals surface area contributed by atoms with E-state index in [1.807, 2.05) is 48.5 Å². The fraction of sp³-hybridized carbons (Fsp3) is 0.263. The highest BCUT2D eigenvalue weighted by atomic mass is 79.9. The van der Waals surface area contributed by atoms with Gasteiger partial charge in [-0.15, -0.1) is 0 Å². The number of nitrogens with one attached hydrogen (secondary N) is 2. The molecule has 132 valence electrons. The van der Waals surface area contributed by atoms with Crippen LogP contribution in [0, 0.1) is 0 Å². The van der Waals surface area contributed by atoms with Gasteiger partial charge in [0.25, 0.3) is 5.91 Å². The molecule has 0 radical (unpaired) electrons. The minimum Gasteiger partial charge on any atom is -0.484 e. The van der Waals surface area contributed by atoms with Crippen LogP contribution in [0.4, 0.5) is 5.69 Å². The van der Waals surface area contributed by atoms with Crippen LogP contribution in [0.15, 0.2) is 53.0 Å². The summed E-state index contributed by atoms with van der Waals surface area (Å²) < 4.78 is 6.47. The van der Waals surface area contributed by atoms with Crippen molar-refractivity contribution in [3.8, 4) is 5.75 Å². The number of carbonyl (C=O) groups excluding carboxylic acids is 1. The Morgan fingerprint density at radius 3 is 2.24 bits per heavy atom. The second-order valence-electron chi connectivity index (χ2n) is 6.57. The summed E-state index contributed by atoms with van der Waals surface area (Å²) in [4.78, 5) is 11.9. The quantitative estimate of drug-likeness (QED) is 0.707. The fourth-order valence-electron chi connectivity index (χ4n) is 2.06. The Morgan fingerprint density at radius 2 is 1.68 bits per heavy atom. The Labute approximate surface area is 162 Å². The number of rotatable bonds is 4. The molecule has 0 unspecified atom stereocenters. The molecule has 0 heterocycles. The van der Waals surface area contributed by atoms with E-state index in [4.69, 9.17) is 17.0 Å². The van der Waals surface area contributed by atoms with Crippen LogP contribution < -0.4 is 15.4 Å². The van der Waals surface area contributed by atoms with Crippen LogP contribution in [0.1, 0.15) is 26.3 Å². The first-order chi connectivity index (χ1) is 11.7. The molecule has 4 nitrogen and oxygen atoms in total. The molecular formula is C19H21BrN2O2S. The molecule has 0 fully saturated rings. The number of halogens is 1. The molecule has 0 aliphatic rings. The Bertz CT molecular complexity index is 738. The summed E-state index contributed by atoms with van der Waals surface area (Å²) in [7, 11) is 0. The van der Waals surface area contributed by atoms with E-state index >= 15 is 0 Å². The Hall–Kier alpha value is -1.92. The van der Waals surface area contributed by atoms with Crippen molar-refractivity contribution in [2.45, 2.75) is 26.2 Å². The van der Waals surface area contributed by atoms with Gasteiger partial charge in [-0.2, -0.15) is 0 Å². The zero-order valence-electron chi connectivity index (χ0n) is 14.4. The van der Waals surface area contributed by atoms with Gasteiger partial charge in [0.2, 0.25) is 0 Å². The van der Waals surface area contributed by atoms with Crippen molar-refractivity contribution in [1.82, 2.24) is 5.32 Å². The highest BCUT2D eigenvalue weighted by Crippen LogP contribution is 2.24. The lowest BCUT2D eigenvalue weighted by Crippen LogP contribution is -2.37. The number of thiocarbonyl (C=S) groups is 1. The van der Waals surface area contributed by atoms with E-state index in [9.17, 15) is 4.79 Å². The predicted molar refractivity (Wildman–Crippen MR) is 109 cm³/mol. The summed E-state index contributed by atoms with van der Waals surface area (Å²) in [5, 5.41) is 5.77. The van der Waals surface area contributed by atoms with Crippen molar-refractivity contribution < 1.29 is 9.53 Å². The molecule has 0 aliphatic heterocycles. The van der Waals surface area contributed by atoms with E-state index in [-0.39, 0.29) is 23.0 Å². The average molecular weight is 421 g/mol. The Morgan fingerprint density at radius 1 is 1.08 bits per heavy atom. The van der Waals surface area contributed by atoms with Gasteiger partial charge in [-0.25, -0.2) is 0 Å². The van der Waals surface area contributed by atoms with Crippen LogP contribution in [-0.2, 0) is 10.2 Å². The maximum Gasteiger partial charge on any atom is 0.264 e. The summed E-state index contributed by atoms with van der Waals surface area (Å²) in [6.07, 6.45) is 0. The lowest BCUT2D eigenvalue weighted by Gasteiger charge is -2.19. The van der Waals surface area contributed by atoms with Crippen molar-refractivity contribution in [3.63, 3.8) is 0 Å². The van der Waals surface area contributed by atoms with Gasteiger partial charge in [-0.3, -0.25) is 10.1 Å². The first kappa shape index (κ1) is 19.4. The van der Waals surface area contributed by atoms with Crippen LogP contribution in [0.2, 0.25) is 0 Å². The molecule has 2 aromatic rings. The normalized spacial score (nSPS) is 10.9. The van der Waals surface area contributed by atoms with Gasteiger partial charge in [0.1, 0.15) is 5.75 Å². The Kier molecular flexibility index (Phi) is 6.56. The van der Waals surface area contributed by atoms with Gasteiger partial charge >= 0.3 is 0 Å². The highest BCUT2D eigenvalue weighted by Gasteiger charge is 2.13. The molecule has 0 aliphatic carbocycles. The van der Waals surface area contributed by atoms with Crippen LogP contribution >= 0.6 is 28.1 Å². The van der Waals surface area contributed by atoms with E-state index < -0.39 is 0 Å². The van der Waals surface area contributed by atoms with E-state index in [2.05, 4.69) is 47.3 Å². The largest absolute Gasteiger partial charge is 0.484 e. The molecular weight excluding hydrogens is 400 g/mol. The second-order valence-corrected chi connectivity index (χ2v) is 7.90. The Balaban J connectivity index is 1.80. The summed E-state index contributed by atoms with van der Waals surface area (Å²) >= 11 is 8.49. The molecule has 1 amide bonds. The summed E-state index contributed by atoms with van der Waals surface area (Å²) in [6, 6.07) is 15.2. The van der Waals surface area contributed by atoms with Gasteiger partial charge in [-0.1, -0.05) is 48.8 Å². The van der Waals surface area contributed by atoms with Crippen molar-refractivity contribution in [3.05, 3.63) is 58.6 Å². The molecule has 6 heteroatoms. The first-order valence-electron chi connectivity index (χ1n) is 7.84. The maximum absolute atomic E-state index is 11.9. The van der Waals surface area contributed by atoms with Gasteiger partial charge in [-0.05, 0) is 59.6 Å². The van der Waals surface area contributed by atoms with E-state index in [1.165, 1.54) is 5.56 Å². The lowest BCUT2D eigenvalue weighted by molar-refractivity contribution is -0.121. The average Bonchev–Trinajstić information content (AvgIpc) is 2.54. The number of ether oxygens (including phenoxy) is 1. The van der Waals surface area contributed by atoms with Crippen LogP contribution in [-0.4, -0.2) is 17.6 Å². The van der Waals surface area contributed by atoms with Crippen LogP contribution in [0.5, 0.6) is 5.75 Å². The van der Waals surface area contributed by atoms with E-state index in [0.717, 1.165) is 10.2 Å². The molecule has 2 rings (SSSR count). The fourth-order valence-corrected chi connectivity index (χ4v) is 2.55. The standard InChI is InChI=1S/C19H21BrN2O2S/c1-19(2,3)13-4-10-16(11-5-13)24-12-17(23)22-18(25)21-15-8-6-14(20)7-9-15/h4-11H,12H2,1-3H3,(H2,21,22,23,25). The zero-order valence-corrected chi connectivity index (χ0v) is 16.8. The number of anilines is 1. The summed E-state index contributed by atoms with van der Waals surface area (Å²) in [5.74, 6) is 0.337. The molecule has 25 heavy (non-hydrogen) atoms. The maximum atomic E-state index is 11.9. The molecule has 0 atom stereocenters. The van der Waals surface area contributed by atoms with Crippen molar-refractivity contribution in [2.75, 3.05) is 11.9 Å². The second kappa shape index (κ2) is 8.45. The smallest absolute Gasteiger partial charge is 0.264 e. The summed E-state index contributed by atoms with van der Waals surface area (Å²) in [5.41, 5.74) is 2.09. The molecule has 0 saturated carbocycles. The molecule has 0 saturated heterocycles. The third-order valence-electron chi connectivity index (χ3n) is 3.45. The van der Waals surface area contributed by atoms with Crippen molar-refractivity contribution >= 4 is 44.9 Å². The number of hydrogen-bond donors (Lipinski definition) is 2. The van der Waals surface area contributed by atoms with Crippen LogP contribution in [0.25, 0.3) is 0 Å². The highest BCUT2D eigenvalue weighted by molar-refractivity contribution is 9.10. The molecule has 0 spiro atoms. The van der Waals surface area contributed by atoms with Gasteiger partial charge in [0, 0.05) is 10.2 Å². The molecule has 2 aromatic carbocycles. The zero-order chi connectivity index (χ0) is 18.4. The lowest BCUT2D eigenvalue weighted by atomic mass is 9.87.